The molecule has 2 aromatic heterocycles. The first kappa shape index (κ1) is 32.0. The van der Waals surface area contributed by atoms with Gasteiger partial charge in [0.25, 0.3) is 0 Å². The van der Waals surface area contributed by atoms with E-state index in [2.05, 4.69) is 204 Å². The van der Waals surface area contributed by atoms with Gasteiger partial charge in [-0.3, -0.25) is 0 Å². The van der Waals surface area contributed by atoms with E-state index in [4.69, 9.17) is 0 Å². The summed E-state index contributed by atoms with van der Waals surface area (Å²) >= 11 is 0. The summed E-state index contributed by atoms with van der Waals surface area (Å²) in [4.78, 5) is 0. The minimum absolute atomic E-state index is 1.11. The van der Waals surface area contributed by atoms with Crippen LogP contribution < -0.4 is 0 Å². The highest BCUT2D eigenvalue weighted by molar-refractivity contribution is 6.12. The molecule has 2 heteroatoms. The maximum Gasteiger partial charge on any atom is 0.0541 e. The van der Waals surface area contributed by atoms with E-state index in [1.807, 2.05) is 0 Å². The van der Waals surface area contributed by atoms with Gasteiger partial charge in [-0.05, 0) is 119 Å². The molecule has 0 saturated carbocycles. The molecule has 2 heterocycles. The summed E-state index contributed by atoms with van der Waals surface area (Å²) in [6.07, 6.45) is 3.52. The zero-order chi connectivity index (χ0) is 36.0. The Kier molecular flexibility index (Phi) is 7.95. The van der Waals surface area contributed by atoms with Gasteiger partial charge in [0.1, 0.15) is 0 Å². The normalized spacial score (nSPS) is 11.6. The van der Waals surface area contributed by atoms with Gasteiger partial charge in [-0.25, -0.2) is 0 Å². The van der Waals surface area contributed by atoms with Crippen LogP contribution in [0.4, 0.5) is 0 Å². The Morgan fingerprint density at radius 1 is 0.333 bits per heavy atom. The molecule has 0 fully saturated rings. The molecule has 0 saturated heterocycles. The van der Waals surface area contributed by atoms with Crippen LogP contribution in [0.2, 0.25) is 0 Å². The highest BCUT2D eigenvalue weighted by atomic mass is 15.0. The van der Waals surface area contributed by atoms with Crippen molar-refractivity contribution in [3.05, 3.63) is 194 Å². The van der Waals surface area contributed by atoms with Crippen molar-refractivity contribution in [1.29, 1.82) is 0 Å². The van der Waals surface area contributed by atoms with E-state index in [-0.39, 0.29) is 0 Å². The van der Waals surface area contributed by atoms with Crippen molar-refractivity contribution in [1.82, 2.24) is 9.13 Å². The van der Waals surface area contributed by atoms with Gasteiger partial charge >= 0.3 is 0 Å². The fraction of sp³-hybridized carbons (Fsp3) is 0.0769. The zero-order valence-electron chi connectivity index (χ0n) is 30.4. The molecule has 54 heavy (non-hydrogen) atoms. The molecule has 0 aliphatic carbocycles. The van der Waals surface area contributed by atoms with Gasteiger partial charge in [0.2, 0.25) is 0 Å². The summed E-state index contributed by atoms with van der Waals surface area (Å²) in [6.45, 7) is 2.26. The lowest BCUT2D eigenvalue weighted by Crippen LogP contribution is -1.95. The van der Waals surface area contributed by atoms with Gasteiger partial charge in [0.05, 0.1) is 22.1 Å². The number of hydrogen-bond donors (Lipinski definition) is 0. The summed E-state index contributed by atoms with van der Waals surface area (Å²) in [5, 5.41) is 5.07. The second-order valence-electron chi connectivity index (χ2n) is 14.4. The third-order valence-electron chi connectivity index (χ3n) is 11.1. The fourth-order valence-electron chi connectivity index (χ4n) is 8.41. The lowest BCUT2D eigenvalue weighted by Gasteiger charge is -2.11. The summed E-state index contributed by atoms with van der Waals surface area (Å²) in [5.41, 5.74) is 16.0. The van der Waals surface area contributed by atoms with Crippen LogP contribution in [0, 0.1) is 0 Å². The molecule has 10 aromatic rings. The van der Waals surface area contributed by atoms with Crippen molar-refractivity contribution in [2.75, 3.05) is 0 Å². The van der Waals surface area contributed by atoms with Crippen molar-refractivity contribution >= 4 is 43.6 Å². The molecule has 0 atom stereocenters. The van der Waals surface area contributed by atoms with Crippen LogP contribution in [-0.4, -0.2) is 9.13 Å². The quantitative estimate of drug-likeness (QED) is 0.150. The Balaban J connectivity index is 1.05. The third-order valence-corrected chi connectivity index (χ3v) is 11.1. The standard InChI is InChI=1S/C52H40N2/c1-2-3-13-36-14-11-19-44(32-36)54-50-23-10-8-21-46(50)48-35-42(27-31-52(48)54)41-26-30-51-47(34-41)45-20-7-9-22-49(45)53(51)43-28-24-38(25-29-43)40-18-12-17-39(33-40)37-15-5-4-6-16-37/h4-12,14-35H,2-3,13H2,1H3. The smallest absolute Gasteiger partial charge is 0.0541 e. The molecule has 0 aliphatic rings. The molecule has 10 rings (SSSR count). The maximum atomic E-state index is 2.44. The third kappa shape index (κ3) is 5.50. The van der Waals surface area contributed by atoms with E-state index < -0.39 is 0 Å². The lowest BCUT2D eigenvalue weighted by atomic mass is 9.99. The minimum atomic E-state index is 1.11. The number of aryl methyl sites for hydroxylation is 1. The number of aromatic nitrogens is 2. The number of rotatable bonds is 8. The molecule has 258 valence electrons. The predicted octanol–water partition coefficient (Wildman–Crippen LogP) is 14.2. The Bertz CT molecular complexity index is 2960. The van der Waals surface area contributed by atoms with Crippen LogP contribution in [-0.2, 0) is 6.42 Å². The van der Waals surface area contributed by atoms with Crippen LogP contribution >= 0.6 is 0 Å². The molecule has 0 aliphatic heterocycles. The van der Waals surface area contributed by atoms with E-state index in [1.54, 1.807) is 0 Å². The topological polar surface area (TPSA) is 9.86 Å². The van der Waals surface area contributed by atoms with E-state index in [0.29, 0.717) is 0 Å². The summed E-state index contributed by atoms with van der Waals surface area (Å²) in [7, 11) is 0. The van der Waals surface area contributed by atoms with Gasteiger partial charge in [-0.15, -0.1) is 0 Å². The summed E-state index contributed by atoms with van der Waals surface area (Å²) in [5.74, 6) is 0. The SMILES string of the molecule is CCCCc1cccc(-n2c3ccccc3c3cc(-c4ccc5c(c4)c4ccccc4n5-c4ccc(-c5cccc(-c6ccccc6)c5)cc4)ccc32)c1. The minimum Gasteiger partial charge on any atom is -0.309 e. The molecule has 0 N–H and O–H groups in total. The van der Waals surface area contributed by atoms with Crippen LogP contribution in [0.25, 0.3) is 88.4 Å². The second kappa shape index (κ2) is 13.4. The first-order valence-corrected chi connectivity index (χ1v) is 19.2. The Labute approximate surface area is 316 Å². The molecular weight excluding hydrogens is 653 g/mol. The Hall–Kier alpha value is -6.64. The monoisotopic (exact) mass is 692 g/mol. The lowest BCUT2D eigenvalue weighted by molar-refractivity contribution is 0.794. The van der Waals surface area contributed by atoms with Gasteiger partial charge in [0, 0.05) is 32.9 Å². The van der Waals surface area contributed by atoms with Gasteiger partial charge in [0.15, 0.2) is 0 Å². The number of unbranched alkanes of at least 4 members (excludes halogenated alkanes) is 1. The Morgan fingerprint density at radius 3 is 1.44 bits per heavy atom. The van der Waals surface area contributed by atoms with Crippen LogP contribution in [0.15, 0.2) is 188 Å². The molecule has 0 radical (unpaired) electrons. The molecular formula is C52H40N2. The van der Waals surface area contributed by atoms with E-state index >= 15 is 0 Å². The van der Waals surface area contributed by atoms with Gasteiger partial charge < -0.3 is 9.13 Å². The van der Waals surface area contributed by atoms with Crippen LogP contribution in [0.3, 0.4) is 0 Å². The molecule has 2 nitrogen and oxygen atoms in total. The maximum absolute atomic E-state index is 2.44. The molecule has 0 amide bonds. The van der Waals surface area contributed by atoms with Crippen LogP contribution in [0.1, 0.15) is 25.3 Å². The highest BCUT2D eigenvalue weighted by Crippen LogP contribution is 2.39. The summed E-state index contributed by atoms with van der Waals surface area (Å²) in [6, 6.07) is 69.1. The number of hydrogen-bond acceptors (Lipinski definition) is 0. The molecule has 8 aromatic carbocycles. The van der Waals surface area contributed by atoms with E-state index in [1.165, 1.54) is 101 Å². The zero-order valence-corrected chi connectivity index (χ0v) is 30.4. The average molecular weight is 693 g/mol. The van der Waals surface area contributed by atoms with E-state index in [0.717, 1.165) is 12.1 Å². The molecule has 0 unspecified atom stereocenters. The van der Waals surface area contributed by atoms with Gasteiger partial charge in [-0.1, -0.05) is 135 Å². The molecule has 0 bridgehead atoms. The number of para-hydroxylation sites is 2. The average Bonchev–Trinajstić information content (AvgIpc) is 3.76. The number of benzene rings is 8. The fourth-order valence-corrected chi connectivity index (χ4v) is 8.41. The van der Waals surface area contributed by atoms with Crippen molar-refractivity contribution in [3.8, 4) is 44.8 Å². The first-order valence-electron chi connectivity index (χ1n) is 19.2. The van der Waals surface area contributed by atoms with Crippen molar-refractivity contribution in [3.63, 3.8) is 0 Å². The molecule has 0 spiro atoms. The van der Waals surface area contributed by atoms with E-state index in [9.17, 15) is 0 Å². The predicted molar refractivity (Wildman–Crippen MR) is 230 cm³/mol. The largest absolute Gasteiger partial charge is 0.309 e. The van der Waals surface area contributed by atoms with Crippen molar-refractivity contribution < 1.29 is 0 Å². The summed E-state index contributed by atoms with van der Waals surface area (Å²) < 4.78 is 4.84. The number of nitrogens with zero attached hydrogens (tertiary/aromatic N) is 2. The number of fused-ring (bicyclic) bond motifs is 6. The first-order chi connectivity index (χ1) is 26.7. The van der Waals surface area contributed by atoms with Crippen molar-refractivity contribution in [2.24, 2.45) is 0 Å². The van der Waals surface area contributed by atoms with Crippen LogP contribution in [0.5, 0.6) is 0 Å². The van der Waals surface area contributed by atoms with Gasteiger partial charge in [-0.2, -0.15) is 0 Å². The highest BCUT2D eigenvalue weighted by Gasteiger charge is 2.16. The van der Waals surface area contributed by atoms with Crippen molar-refractivity contribution in [2.45, 2.75) is 26.2 Å². The second-order valence-corrected chi connectivity index (χ2v) is 14.4. The Morgan fingerprint density at radius 2 is 0.815 bits per heavy atom.